The summed E-state index contributed by atoms with van der Waals surface area (Å²) in [7, 11) is 0. The van der Waals surface area contributed by atoms with Crippen LogP contribution in [0.2, 0.25) is 0 Å². The van der Waals surface area contributed by atoms with Crippen molar-refractivity contribution in [1.82, 2.24) is 0 Å². The molecule has 0 aromatic rings. The van der Waals surface area contributed by atoms with E-state index in [1.165, 1.54) is 0 Å². The highest BCUT2D eigenvalue weighted by molar-refractivity contribution is 6.01. The summed E-state index contributed by atoms with van der Waals surface area (Å²) in [4.78, 5) is 27.1. The minimum atomic E-state index is -0.313. The van der Waals surface area contributed by atoms with Gasteiger partial charge in [0.1, 0.15) is 11.9 Å². The zero-order valence-corrected chi connectivity index (χ0v) is 22.0. The van der Waals surface area contributed by atoms with Gasteiger partial charge in [0.05, 0.1) is 5.57 Å². The number of nitrogens with zero attached hydrogens (tertiary/aromatic N) is 1. The minimum Gasteiger partial charge on any atom is -0.396 e. The van der Waals surface area contributed by atoms with Gasteiger partial charge in [0.25, 0.3) is 0 Å². The van der Waals surface area contributed by atoms with E-state index in [0.29, 0.717) is 17.8 Å². The molecule has 0 aromatic heterocycles. The Kier molecular flexibility index (Phi) is 5.19. The number of rotatable bonds is 1. The van der Waals surface area contributed by atoms with E-state index in [1.54, 1.807) is 0 Å². The van der Waals surface area contributed by atoms with Crippen LogP contribution >= 0.6 is 0 Å². The summed E-state index contributed by atoms with van der Waals surface area (Å²) in [5.41, 5.74) is -0.0778. The van der Waals surface area contributed by atoms with Gasteiger partial charge in [-0.3, -0.25) is 9.59 Å². The third-order valence-electron chi connectivity index (χ3n) is 12.6. The molecule has 0 aliphatic heterocycles. The second-order valence-corrected chi connectivity index (χ2v) is 14.4. The number of ketones is 2. The van der Waals surface area contributed by atoms with E-state index in [4.69, 9.17) is 0 Å². The summed E-state index contributed by atoms with van der Waals surface area (Å²) in [5.74, 6) is 0.770. The molecule has 0 radical (unpaired) electrons. The van der Waals surface area contributed by atoms with Gasteiger partial charge in [-0.25, -0.2) is 0 Å². The van der Waals surface area contributed by atoms with Crippen molar-refractivity contribution in [3.63, 3.8) is 0 Å². The topological polar surface area (TPSA) is 78.2 Å². The van der Waals surface area contributed by atoms with Crippen molar-refractivity contribution in [1.29, 1.82) is 5.26 Å². The van der Waals surface area contributed by atoms with Gasteiger partial charge < -0.3 is 5.11 Å². The molecule has 0 amide bonds. The quantitative estimate of drug-likeness (QED) is 0.524. The van der Waals surface area contributed by atoms with Crippen molar-refractivity contribution < 1.29 is 14.7 Å². The maximum atomic E-state index is 14.2. The van der Waals surface area contributed by atoms with E-state index in [9.17, 15) is 20.0 Å². The van der Waals surface area contributed by atoms with Crippen molar-refractivity contribution >= 4 is 11.6 Å². The SMILES string of the molecule is C[C@@H]1C(=O)C(C#N)=C[C@]2(C)[C@H]3CC(=O)C4[C@H]5CC(C)(C)CC[C@]5(CO)CC[C@@]4(C)[C@]3(C)CC[C@@H]12. The molecule has 186 valence electrons. The normalized spacial score (nSPS) is 51.8. The van der Waals surface area contributed by atoms with E-state index < -0.39 is 0 Å². The molecule has 5 rings (SSSR count). The Balaban J connectivity index is 1.62. The van der Waals surface area contributed by atoms with Gasteiger partial charge in [0.2, 0.25) is 0 Å². The highest BCUT2D eigenvalue weighted by Crippen LogP contribution is 2.75. The van der Waals surface area contributed by atoms with Crippen LogP contribution in [0.3, 0.4) is 0 Å². The fraction of sp³-hybridized carbons (Fsp3) is 0.833. The first-order valence-corrected chi connectivity index (χ1v) is 13.6. The van der Waals surface area contributed by atoms with E-state index in [2.05, 4.69) is 40.7 Å². The molecule has 9 atom stereocenters. The molecule has 0 spiro atoms. The number of aliphatic hydroxyl groups is 1. The van der Waals surface area contributed by atoms with Gasteiger partial charge >= 0.3 is 0 Å². The molecule has 5 aliphatic carbocycles. The van der Waals surface area contributed by atoms with Gasteiger partial charge in [-0.15, -0.1) is 0 Å². The Hall–Kier alpha value is -1.47. The standard InChI is InChI=1S/C30H43NO3/c1-18-20-7-8-28(5)23(27(20,4)14-19(16-31)25(18)34)13-22(33)24-21-15-26(2,3)9-11-30(21,17-32)12-10-29(24,28)6/h14,18,20-21,23-24,32H,7-13,15,17H2,1-6H3/t18-,20-,21+,23+,24?,27-,28+,29+,30+/m0/s1. The van der Waals surface area contributed by atoms with Crippen LogP contribution in [0.25, 0.3) is 0 Å². The molecule has 4 saturated carbocycles. The lowest BCUT2D eigenvalue weighted by Crippen LogP contribution is -2.68. The molecule has 0 aromatic carbocycles. The van der Waals surface area contributed by atoms with Gasteiger partial charge in [-0.1, -0.05) is 47.6 Å². The summed E-state index contributed by atoms with van der Waals surface area (Å²) in [6.07, 6.45) is 9.67. The molecule has 5 aliphatic rings. The third kappa shape index (κ3) is 2.86. The Morgan fingerprint density at radius 3 is 2.32 bits per heavy atom. The van der Waals surface area contributed by atoms with Crippen LogP contribution in [0, 0.1) is 68.0 Å². The predicted molar refractivity (Wildman–Crippen MR) is 131 cm³/mol. The predicted octanol–water partition coefficient (Wildman–Crippen LogP) is 5.89. The van der Waals surface area contributed by atoms with Gasteiger partial charge in [-0.2, -0.15) is 5.26 Å². The second kappa shape index (κ2) is 7.28. The van der Waals surface area contributed by atoms with Crippen LogP contribution < -0.4 is 0 Å². The minimum absolute atomic E-state index is 0.00330. The lowest BCUT2D eigenvalue weighted by Gasteiger charge is -2.71. The first-order valence-electron chi connectivity index (χ1n) is 13.6. The average Bonchev–Trinajstić information content (AvgIpc) is 2.77. The fourth-order valence-electron chi connectivity index (χ4n) is 10.3. The summed E-state index contributed by atoms with van der Waals surface area (Å²) < 4.78 is 0. The summed E-state index contributed by atoms with van der Waals surface area (Å²) >= 11 is 0. The molecular formula is C30H43NO3. The van der Waals surface area contributed by atoms with E-state index in [1.807, 2.05) is 13.0 Å². The zero-order chi connectivity index (χ0) is 24.9. The van der Waals surface area contributed by atoms with Gasteiger partial charge in [0.15, 0.2) is 5.78 Å². The second-order valence-electron chi connectivity index (χ2n) is 14.4. The van der Waals surface area contributed by atoms with Gasteiger partial charge in [0, 0.05) is 24.9 Å². The molecular weight excluding hydrogens is 422 g/mol. The summed E-state index contributed by atoms with van der Waals surface area (Å²) in [6.45, 7) is 13.9. The van der Waals surface area contributed by atoms with E-state index in [-0.39, 0.29) is 69.1 Å². The summed E-state index contributed by atoms with van der Waals surface area (Å²) in [6, 6.07) is 2.19. The van der Waals surface area contributed by atoms with Crippen LogP contribution in [0.5, 0.6) is 0 Å². The molecule has 4 nitrogen and oxygen atoms in total. The number of nitriles is 1. The Morgan fingerprint density at radius 2 is 1.68 bits per heavy atom. The Labute approximate surface area is 205 Å². The molecule has 0 heterocycles. The maximum Gasteiger partial charge on any atom is 0.176 e. The number of allylic oxidation sites excluding steroid dienone is 2. The van der Waals surface area contributed by atoms with Crippen LogP contribution in [0.15, 0.2) is 11.6 Å². The van der Waals surface area contributed by atoms with Gasteiger partial charge in [-0.05, 0) is 89.8 Å². The molecule has 4 fully saturated rings. The van der Waals surface area contributed by atoms with Crippen LogP contribution in [-0.2, 0) is 9.59 Å². The van der Waals surface area contributed by atoms with Crippen molar-refractivity contribution in [2.75, 3.05) is 6.61 Å². The van der Waals surface area contributed by atoms with E-state index >= 15 is 0 Å². The molecule has 0 saturated heterocycles. The smallest absolute Gasteiger partial charge is 0.176 e. The van der Waals surface area contributed by atoms with E-state index in [0.717, 1.165) is 44.9 Å². The first kappa shape index (κ1) is 24.2. The molecule has 34 heavy (non-hydrogen) atoms. The molecule has 4 heteroatoms. The molecule has 0 bridgehead atoms. The lowest BCUT2D eigenvalue weighted by molar-refractivity contribution is -0.223. The number of Topliss-reactive ketones (excluding diaryl/α,β-unsaturated/α-hetero) is 2. The lowest BCUT2D eigenvalue weighted by atomic mass is 9.32. The zero-order valence-electron chi connectivity index (χ0n) is 22.0. The highest BCUT2D eigenvalue weighted by atomic mass is 16.3. The van der Waals surface area contributed by atoms with Crippen LogP contribution in [0.1, 0.15) is 92.9 Å². The average molecular weight is 466 g/mol. The summed E-state index contributed by atoms with van der Waals surface area (Å²) in [5, 5.41) is 20.4. The molecule has 1 N–H and O–H groups in total. The largest absolute Gasteiger partial charge is 0.396 e. The monoisotopic (exact) mass is 465 g/mol. The molecule has 1 unspecified atom stereocenters. The third-order valence-corrected chi connectivity index (χ3v) is 12.6. The number of hydrogen-bond donors (Lipinski definition) is 1. The number of fused-ring (bicyclic) bond motifs is 7. The van der Waals surface area contributed by atoms with Crippen LogP contribution in [0.4, 0.5) is 0 Å². The van der Waals surface area contributed by atoms with Crippen molar-refractivity contribution in [3.8, 4) is 6.07 Å². The number of carbonyl (C=O) groups is 2. The Morgan fingerprint density at radius 1 is 1.00 bits per heavy atom. The number of hydrogen-bond acceptors (Lipinski definition) is 4. The van der Waals surface area contributed by atoms with Crippen molar-refractivity contribution in [2.45, 2.75) is 92.9 Å². The number of aliphatic hydroxyl groups excluding tert-OH is 1. The number of carbonyl (C=O) groups excluding carboxylic acids is 2. The van der Waals surface area contributed by atoms with Crippen molar-refractivity contribution in [2.24, 2.45) is 56.7 Å². The first-order chi connectivity index (χ1) is 15.8. The fourth-order valence-corrected chi connectivity index (χ4v) is 10.3. The highest BCUT2D eigenvalue weighted by Gasteiger charge is 2.71. The maximum absolute atomic E-state index is 14.2. The Bertz CT molecular complexity index is 1010. The van der Waals surface area contributed by atoms with Crippen LogP contribution in [-0.4, -0.2) is 23.3 Å². The van der Waals surface area contributed by atoms with Crippen molar-refractivity contribution in [3.05, 3.63) is 11.6 Å².